The number of hydrogen-bond donors (Lipinski definition) is 1. The van der Waals surface area contributed by atoms with Gasteiger partial charge in [-0.2, -0.15) is 5.10 Å². The molecule has 2 aromatic heterocycles. The van der Waals surface area contributed by atoms with Crippen molar-refractivity contribution in [3.63, 3.8) is 0 Å². The summed E-state index contributed by atoms with van der Waals surface area (Å²) in [6, 6.07) is -0.976. The Labute approximate surface area is 150 Å². The van der Waals surface area contributed by atoms with Crippen molar-refractivity contribution in [3.8, 4) is 11.4 Å². The summed E-state index contributed by atoms with van der Waals surface area (Å²) in [6.45, 7) is 3.49. The number of amides is 3. The van der Waals surface area contributed by atoms with Gasteiger partial charge in [0.2, 0.25) is 5.91 Å². The van der Waals surface area contributed by atoms with Crippen molar-refractivity contribution >= 4 is 11.9 Å². The Kier molecular flexibility index (Phi) is 3.89. The second kappa shape index (κ2) is 6.11. The van der Waals surface area contributed by atoms with Gasteiger partial charge in [0, 0.05) is 26.3 Å². The Balaban J connectivity index is 1.58. The van der Waals surface area contributed by atoms with Crippen LogP contribution >= 0.6 is 0 Å². The fourth-order valence-electron chi connectivity index (χ4n) is 3.93. The highest BCUT2D eigenvalue weighted by Crippen LogP contribution is 2.29. The third kappa shape index (κ3) is 2.61. The molecule has 0 spiro atoms. The van der Waals surface area contributed by atoms with Gasteiger partial charge >= 0.3 is 6.03 Å². The van der Waals surface area contributed by atoms with Gasteiger partial charge in [-0.25, -0.2) is 4.79 Å². The first-order valence-electron chi connectivity index (χ1n) is 8.73. The van der Waals surface area contributed by atoms with E-state index in [1.807, 2.05) is 20.2 Å². The second-order valence-electron chi connectivity index (χ2n) is 6.97. The molecular formula is C16H22N8O2. The minimum Gasteiger partial charge on any atom is -0.351 e. The topological polar surface area (TPSA) is 115 Å². The van der Waals surface area contributed by atoms with Gasteiger partial charge in [0.25, 0.3) is 0 Å². The molecule has 0 aromatic carbocycles. The number of aryl methyl sites for hydroxylation is 1. The summed E-state index contributed by atoms with van der Waals surface area (Å²) in [6.07, 6.45) is 5.10. The van der Waals surface area contributed by atoms with Crippen molar-refractivity contribution in [1.29, 1.82) is 0 Å². The summed E-state index contributed by atoms with van der Waals surface area (Å²) < 4.78 is 3.78. The molecule has 138 valence electrons. The van der Waals surface area contributed by atoms with E-state index in [-0.39, 0.29) is 11.9 Å². The zero-order valence-corrected chi connectivity index (χ0v) is 14.9. The third-order valence-corrected chi connectivity index (χ3v) is 5.12. The van der Waals surface area contributed by atoms with Crippen LogP contribution in [-0.2, 0) is 18.4 Å². The maximum Gasteiger partial charge on any atom is 0.315 e. The molecule has 0 radical (unpaired) electrons. The van der Waals surface area contributed by atoms with E-state index in [1.54, 1.807) is 15.8 Å². The van der Waals surface area contributed by atoms with E-state index in [0.717, 1.165) is 23.6 Å². The van der Waals surface area contributed by atoms with E-state index in [9.17, 15) is 9.59 Å². The molecule has 2 atom stereocenters. The fraction of sp³-hybridized carbons (Fsp3) is 0.562. The zero-order chi connectivity index (χ0) is 18.4. The Hall–Kier alpha value is -2.91. The molecule has 26 heavy (non-hydrogen) atoms. The molecule has 1 fully saturated rings. The summed E-state index contributed by atoms with van der Waals surface area (Å²) in [4.78, 5) is 27.7. The maximum atomic E-state index is 13.0. The monoisotopic (exact) mass is 358 g/mol. The molecule has 0 unspecified atom stereocenters. The molecule has 4 heterocycles. The van der Waals surface area contributed by atoms with Gasteiger partial charge in [-0.1, -0.05) is 0 Å². The van der Waals surface area contributed by atoms with E-state index in [2.05, 4.69) is 19.9 Å². The molecule has 10 nitrogen and oxygen atoms in total. The van der Waals surface area contributed by atoms with Crippen molar-refractivity contribution in [2.45, 2.75) is 38.4 Å². The lowest BCUT2D eigenvalue weighted by atomic mass is 10.1. The molecule has 10 heteroatoms. The predicted molar refractivity (Wildman–Crippen MR) is 91.7 cm³/mol. The van der Waals surface area contributed by atoms with Crippen LogP contribution in [0.5, 0.6) is 0 Å². The maximum absolute atomic E-state index is 13.0. The summed E-state index contributed by atoms with van der Waals surface area (Å²) in [7, 11) is 1.85. The van der Waals surface area contributed by atoms with Gasteiger partial charge in [0.05, 0.1) is 24.3 Å². The fourth-order valence-corrected chi connectivity index (χ4v) is 3.93. The minimum absolute atomic E-state index is 0.0244. The van der Waals surface area contributed by atoms with Gasteiger partial charge < -0.3 is 20.1 Å². The Morgan fingerprint density at radius 1 is 1.31 bits per heavy atom. The number of aromatic nitrogens is 5. The number of nitrogens with two attached hydrogens (primary N) is 1. The molecule has 0 saturated carbocycles. The Bertz CT molecular complexity index is 856. The van der Waals surface area contributed by atoms with E-state index in [1.165, 1.54) is 4.90 Å². The average molecular weight is 358 g/mol. The number of carbonyl (C=O) groups is 2. The van der Waals surface area contributed by atoms with Crippen LogP contribution in [-0.4, -0.2) is 65.4 Å². The summed E-state index contributed by atoms with van der Waals surface area (Å²) in [5.41, 5.74) is 6.31. The molecule has 0 aliphatic carbocycles. The molecule has 2 aromatic rings. The van der Waals surface area contributed by atoms with E-state index >= 15 is 0 Å². The molecule has 2 N–H and O–H groups in total. The van der Waals surface area contributed by atoms with Crippen molar-refractivity contribution in [3.05, 3.63) is 18.2 Å². The van der Waals surface area contributed by atoms with Crippen molar-refractivity contribution in [1.82, 2.24) is 34.3 Å². The number of fused-ring (bicyclic) bond motifs is 1. The smallest absolute Gasteiger partial charge is 0.315 e. The molecule has 1 saturated heterocycles. The van der Waals surface area contributed by atoms with E-state index in [4.69, 9.17) is 5.73 Å². The molecule has 2 aliphatic heterocycles. The first kappa shape index (κ1) is 16.6. The number of likely N-dealkylation sites (tertiary alicyclic amines) is 1. The van der Waals surface area contributed by atoms with Crippen molar-refractivity contribution < 1.29 is 9.59 Å². The average Bonchev–Trinajstić information content (AvgIpc) is 3.32. The number of urea groups is 1. The number of nitrogens with zero attached hydrogens (tertiary/aromatic N) is 7. The van der Waals surface area contributed by atoms with Crippen LogP contribution < -0.4 is 5.73 Å². The van der Waals surface area contributed by atoms with Gasteiger partial charge in [-0.15, -0.1) is 10.2 Å². The van der Waals surface area contributed by atoms with Crippen LogP contribution in [0.15, 0.2) is 12.4 Å². The quantitative estimate of drug-likeness (QED) is 0.819. The van der Waals surface area contributed by atoms with Crippen LogP contribution in [0.1, 0.15) is 31.6 Å². The molecule has 4 rings (SSSR count). The van der Waals surface area contributed by atoms with Gasteiger partial charge in [0.1, 0.15) is 6.04 Å². The second-order valence-corrected chi connectivity index (χ2v) is 6.97. The Morgan fingerprint density at radius 2 is 2.12 bits per heavy atom. The highest BCUT2D eigenvalue weighted by atomic mass is 16.2. The predicted octanol–water partition coefficient (Wildman–Crippen LogP) is 0.125. The van der Waals surface area contributed by atoms with Crippen LogP contribution in [0.4, 0.5) is 4.79 Å². The number of rotatable bonds is 2. The summed E-state index contributed by atoms with van der Waals surface area (Å²) in [5.74, 6) is 1.43. The largest absolute Gasteiger partial charge is 0.351 e. The lowest BCUT2D eigenvalue weighted by Gasteiger charge is -2.35. The van der Waals surface area contributed by atoms with Crippen molar-refractivity contribution in [2.24, 2.45) is 12.8 Å². The standard InChI is InChI=1S/C16H22N8O2/c1-10-7-22(15(25)12-4-3-5-23(12)16(17)26)9-13-19-20-14(24(10)13)11-6-18-21(2)8-11/h6,8,10,12H,3-5,7,9H2,1-2H3,(H2,17,26)/t10-,12-/m0/s1. The Morgan fingerprint density at radius 3 is 2.81 bits per heavy atom. The van der Waals surface area contributed by atoms with Crippen LogP contribution in [0.2, 0.25) is 0 Å². The van der Waals surface area contributed by atoms with E-state index < -0.39 is 12.1 Å². The number of carbonyl (C=O) groups excluding carboxylic acids is 2. The van der Waals surface area contributed by atoms with Crippen molar-refractivity contribution in [2.75, 3.05) is 13.1 Å². The van der Waals surface area contributed by atoms with Gasteiger partial charge in [-0.3, -0.25) is 9.48 Å². The normalized spacial score (nSPS) is 22.5. The summed E-state index contributed by atoms with van der Waals surface area (Å²) >= 11 is 0. The van der Waals surface area contributed by atoms with Crippen LogP contribution in [0, 0.1) is 0 Å². The SMILES string of the molecule is C[C@H]1CN(C(=O)[C@@H]2CCCN2C(N)=O)Cc2nnc(-c3cnn(C)c3)n21. The zero-order valence-electron chi connectivity index (χ0n) is 14.9. The van der Waals surface area contributed by atoms with Gasteiger partial charge in [0.15, 0.2) is 11.6 Å². The first-order valence-corrected chi connectivity index (χ1v) is 8.73. The van der Waals surface area contributed by atoms with Gasteiger partial charge in [-0.05, 0) is 19.8 Å². The molecule has 0 bridgehead atoms. The lowest BCUT2D eigenvalue weighted by molar-refractivity contribution is -0.137. The van der Waals surface area contributed by atoms with Crippen LogP contribution in [0.3, 0.4) is 0 Å². The highest BCUT2D eigenvalue weighted by molar-refractivity contribution is 5.87. The molecular weight excluding hydrogens is 336 g/mol. The molecule has 3 amide bonds. The number of primary amides is 1. The third-order valence-electron chi connectivity index (χ3n) is 5.12. The molecule has 2 aliphatic rings. The minimum atomic E-state index is -0.534. The van der Waals surface area contributed by atoms with Crippen LogP contribution in [0.25, 0.3) is 11.4 Å². The first-order chi connectivity index (χ1) is 12.5. The van der Waals surface area contributed by atoms with E-state index in [0.29, 0.717) is 26.1 Å². The highest BCUT2D eigenvalue weighted by Gasteiger charge is 2.38. The lowest BCUT2D eigenvalue weighted by Crippen LogP contribution is -2.51. The summed E-state index contributed by atoms with van der Waals surface area (Å²) in [5, 5.41) is 12.8. The number of hydrogen-bond acceptors (Lipinski definition) is 5.